The van der Waals surface area contributed by atoms with Gasteiger partial charge in [-0.1, -0.05) is 158 Å². The molecule has 11 rings (SSSR count). The van der Waals surface area contributed by atoms with Gasteiger partial charge < -0.3 is 4.42 Å². The van der Waals surface area contributed by atoms with Gasteiger partial charge in [0.05, 0.1) is 23.6 Å². The third-order valence-corrected chi connectivity index (χ3v) is 10.8. The monoisotopic (exact) mass is 726 g/mol. The van der Waals surface area contributed by atoms with E-state index < -0.39 is 31.4 Å². The summed E-state index contributed by atoms with van der Waals surface area (Å²) >= 11 is 0. The summed E-state index contributed by atoms with van der Waals surface area (Å²) in [5, 5.41) is 5.47. The minimum atomic E-state index is -2.99. The summed E-state index contributed by atoms with van der Waals surface area (Å²) in [7, 11) is 0. The highest BCUT2D eigenvalue weighted by molar-refractivity contribution is 6.26. The summed E-state index contributed by atoms with van der Waals surface area (Å²) in [6, 6.07) is 48.7. The number of hydrogen-bond donors (Lipinski definition) is 0. The topological polar surface area (TPSA) is 31.0 Å². The summed E-state index contributed by atoms with van der Waals surface area (Å²) < 4.78 is 93.0. The van der Waals surface area contributed by atoms with Crippen molar-refractivity contribution in [1.29, 1.82) is 0 Å². The molecule has 56 heavy (non-hydrogen) atoms. The number of para-hydroxylation sites is 4. The number of rotatable bonds is 6. The molecule has 0 N–H and O–H groups in total. The fourth-order valence-electron chi connectivity index (χ4n) is 8.40. The van der Waals surface area contributed by atoms with Gasteiger partial charge in [-0.3, -0.25) is 4.57 Å². The molecule has 3 heteroatoms. The average molecular weight is 727 g/mol. The molecule has 2 aromatic heterocycles. The molecule has 264 valence electrons. The number of benzene rings is 9. The molecular weight excluding hydrogens is 681 g/mol. The van der Waals surface area contributed by atoms with Crippen molar-refractivity contribution in [2.45, 2.75) is 13.2 Å². The van der Waals surface area contributed by atoms with Crippen LogP contribution in [0, 0.1) is 0 Å². The van der Waals surface area contributed by atoms with E-state index in [9.17, 15) is 0 Å². The SMILES string of the molecule is [2H]c1c([2H])c([2H])c(-c2ccc3c(-c4ccc(-c5ccccc5-n5c(C([2H])([2H])C([2H])([2H])[2H])nc6ccccc65)cc4)c4ccccc4c(-c4cccc5oc6ccccc6c45)c3c2)c([2H])c1[2H]. The summed E-state index contributed by atoms with van der Waals surface area (Å²) in [6.07, 6.45) is -2.77. The molecule has 0 aliphatic rings. The van der Waals surface area contributed by atoms with Crippen molar-refractivity contribution in [3.8, 4) is 50.2 Å². The zero-order valence-electron chi connectivity index (χ0n) is 39.8. The van der Waals surface area contributed by atoms with Gasteiger partial charge in [0.2, 0.25) is 0 Å². The normalized spacial score (nSPS) is 14.8. The van der Waals surface area contributed by atoms with Crippen molar-refractivity contribution < 1.29 is 18.1 Å². The van der Waals surface area contributed by atoms with Crippen LogP contribution >= 0.6 is 0 Å². The van der Waals surface area contributed by atoms with Crippen LogP contribution in [0.15, 0.2) is 192 Å². The van der Waals surface area contributed by atoms with Crippen LogP contribution in [-0.2, 0) is 6.37 Å². The van der Waals surface area contributed by atoms with E-state index in [0.717, 1.165) is 76.9 Å². The van der Waals surface area contributed by atoms with Crippen LogP contribution in [0.5, 0.6) is 0 Å². The zero-order valence-corrected chi connectivity index (χ0v) is 29.8. The van der Waals surface area contributed by atoms with Gasteiger partial charge in [-0.05, 0) is 96.9 Å². The number of furan rings is 1. The molecule has 0 aliphatic carbocycles. The lowest BCUT2D eigenvalue weighted by Crippen LogP contribution is -2.02. The molecule has 0 spiro atoms. The lowest BCUT2D eigenvalue weighted by Gasteiger charge is -2.20. The second-order valence-corrected chi connectivity index (χ2v) is 13.8. The van der Waals surface area contributed by atoms with Crippen molar-refractivity contribution in [2.24, 2.45) is 0 Å². The smallest absolute Gasteiger partial charge is 0.136 e. The van der Waals surface area contributed by atoms with Gasteiger partial charge in [-0.25, -0.2) is 4.98 Å². The molecule has 3 nitrogen and oxygen atoms in total. The highest BCUT2D eigenvalue weighted by Gasteiger charge is 2.21. The number of hydrogen-bond acceptors (Lipinski definition) is 2. The van der Waals surface area contributed by atoms with Gasteiger partial charge in [-0.15, -0.1) is 0 Å². The standard InChI is InChI=1S/C53H36N2O/c1-2-50-54-45-22-10-12-24-47(45)55(50)46-23-11-8-17-38(46)35-27-29-36(30-28-35)51-39-18-6-7-19-40(39)52(44-33-37(31-32-41(44)51)34-15-4-3-5-16-34)43-21-14-26-49-53(43)42-20-9-13-25-48(42)56-49/h3-33H,2H2,1H3/i1D3,2D2,3D,4D,5D,15D,16D. The molecule has 0 bridgehead atoms. The lowest BCUT2D eigenvalue weighted by atomic mass is 9.83. The van der Waals surface area contributed by atoms with Crippen LogP contribution in [0.1, 0.15) is 26.4 Å². The summed E-state index contributed by atoms with van der Waals surface area (Å²) in [5.74, 6) is -0.215. The minimum Gasteiger partial charge on any atom is -0.456 e. The molecular formula is C53H36N2O. The van der Waals surface area contributed by atoms with Crippen molar-refractivity contribution in [3.63, 3.8) is 0 Å². The molecule has 0 saturated heterocycles. The minimum absolute atomic E-state index is 0.110. The fraction of sp³-hybridized carbons (Fsp3) is 0.0377. The van der Waals surface area contributed by atoms with E-state index in [2.05, 4.69) is 23.2 Å². The number of aryl methyl sites for hydroxylation is 1. The number of fused-ring (bicyclic) bond motifs is 6. The molecule has 11 aromatic rings. The maximum atomic E-state index is 8.91. The predicted molar refractivity (Wildman–Crippen MR) is 234 cm³/mol. The van der Waals surface area contributed by atoms with Crippen molar-refractivity contribution in [1.82, 2.24) is 9.55 Å². The Labute approximate surface area is 338 Å². The molecule has 2 heterocycles. The largest absolute Gasteiger partial charge is 0.456 e. The molecule has 0 saturated carbocycles. The van der Waals surface area contributed by atoms with E-state index >= 15 is 0 Å². The average Bonchev–Trinajstić information content (AvgIpc) is 3.92. The Hall–Kier alpha value is -7.23. The first-order valence-electron chi connectivity index (χ1n) is 23.4. The van der Waals surface area contributed by atoms with E-state index in [1.165, 1.54) is 0 Å². The van der Waals surface area contributed by atoms with Crippen molar-refractivity contribution in [2.75, 3.05) is 0 Å². The highest BCUT2D eigenvalue weighted by Crippen LogP contribution is 2.48. The second kappa shape index (κ2) is 13.0. The first kappa shape index (κ1) is 23.5. The summed E-state index contributed by atoms with van der Waals surface area (Å²) in [6.45, 7) is -2.99. The number of imidazole rings is 1. The number of aromatic nitrogens is 2. The lowest BCUT2D eigenvalue weighted by molar-refractivity contribution is 0.669. The van der Waals surface area contributed by atoms with E-state index in [1.807, 2.05) is 121 Å². The van der Waals surface area contributed by atoms with Crippen molar-refractivity contribution in [3.05, 3.63) is 194 Å². The van der Waals surface area contributed by atoms with Gasteiger partial charge in [0.25, 0.3) is 0 Å². The van der Waals surface area contributed by atoms with Gasteiger partial charge in [0.1, 0.15) is 17.0 Å². The number of nitrogens with zero attached hydrogens (tertiary/aromatic N) is 2. The van der Waals surface area contributed by atoms with Gasteiger partial charge in [0, 0.05) is 29.6 Å². The Morgan fingerprint density at radius 1 is 0.554 bits per heavy atom. The van der Waals surface area contributed by atoms with E-state index in [4.69, 9.17) is 18.1 Å². The Balaban J connectivity index is 1.16. The van der Waals surface area contributed by atoms with Gasteiger partial charge in [0.15, 0.2) is 0 Å². The van der Waals surface area contributed by atoms with Crippen LogP contribution in [0.4, 0.5) is 0 Å². The van der Waals surface area contributed by atoms with Crippen LogP contribution in [0.2, 0.25) is 0 Å². The first-order chi connectivity index (χ1) is 31.7. The predicted octanol–water partition coefficient (Wildman–Crippen LogP) is 14.5. The maximum absolute atomic E-state index is 8.91. The summed E-state index contributed by atoms with van der Waals surface area (Å²) in [4.78, 5) is 4.55. The molecule has 0 amide bonds. The molecule has 0 fully saturated rings. The zero-order chi connectivity index (χ0) is 45.8. The molecule has 0 unspecified atom stereocenters. The second-order valence-electron chi connectivity index (χ2n) is 13.8. The molecule has 0 radical (unpaired) electrons. The van der Waals surface area contributed by atoms with Crippen LogP contribution in [0.25, 0.3) is 105 Å². The Morgan fingerprint density at radius 3 is 2.07 bits per heavy atom. The van der Waals surface area contributed by atoms with E-state index in [-0.39, 0.29) is 23.5 Å². The Kier molecular flexibility index (Phi) is 5.45. The first-order valence-corrected chi connectivity index (χ1v) is 18.4. The van der Waals surface area contributed by atoms with Gasteiger partial charge in [-0.2, -0.15) is 0 Å². The fourth-order valence-corrected chi connectivity index (χ4v) is 8.40. The summed E-state index contributed by atoms with van der Waals surface area (Å²) in [5.41, 5.74) is 8.86. The molecule has 0 atom stereocenters. The highest BCUT2D eigenvalue weighted by atomic mass is 16.3. The third kappa shape index (κ3) is 5.02. The molecule has 9 aromatic carbocycles. The van der Waals surface area contributed by atoms with Gasteiger partial charge >= 0.3 is 0 Å². The van der Waals surface area contributed by atoms with Crippen LogP contribution in [0.3, 0.4) is 0 Å². The quantitative estimate of drug-likeness (QED) is 0.160. The van der Waals surface area contributed by atoms with E-state index in [1.54, 1.807) is 22.8 Å². The maximum Gasteiger partial charge on any atom is 0.136 e. The third-order valence-electron chi connectivity index (χ3n) is 10.8. The Bertz CT molecular complexity index is 3770. The van der Waals surface area contributed by atoms with Crippen LogP contribution < -0.4 is 0 Å². The van der Waals surface area contributed by atoms with Crippen LogP contribution in [-0.4, -0.2) is 9.55 Å². The Morgan fingerprint density at radius 2 is 1.21 bits per heavy atom. The molecule has 0 aliphatic heterocycles. The van der Waals surface area contributed by atoms with E-state index in [0.29, 0.717) is 22.3 Å². The van der Waals surface area contributed by atoms with Crippen molar-refractivity contribution >= 4 is 54.5 Å².